The normalized spacial score (nSPS) is 25.8. The van der Waals surface area contributed by atoms with Gasteiger partial charge in [0.05, 0.1) is 11.9 Å². The van der Waals surface area contributed by atoms with Crippen LogP contribution in [-0.4, -0.2) is 28.5 Å². The van der Waals surface area contributed by atoms with Gasteiger partial charge in [0, 0.05) is 24.6 Å². The van der Waals surface area contributed by atoms with Crippen LogP contribution in [0.25, 0.3) is 6.08 Å². The van der Waals surface area contributed by atoms with Crippen molar-refractivity contribution in [2.24, 2.45) is 5.92 Å². The topological polar surface area (TPSA) is 53.7 Å². The van der Waals surface area contributed by atoms with Crippen LogP contribution in [0.1, 0.15) is 50.9 Å². The SMILES string of the molecule is CCC[C@@H]1[C@H](CC)N(C(=O)/C=C/c2ccco2)CC[C@@]1(O)c1ccccc1. The van der Waals surface area contributed by atoms with Gasteiger partial charge in [-0.3, -0.25) is 4.79 Å². The number of piperidine rings is 1. The number of amides is 1. The number of rotatable bonds is 6. The van der Waals surface area contributed by atoms with E-state index in [1.165, 1.54) is 0 Å². The van der Waals surface area contributed by atoms with E-state index in [4.69, 9.17) is 4.42 Å². The highest BCUT2D eigenvalue weighted by atomic mass is 16.3. The van der Waals surface area contributed by atoms with Crippen LogP contribution in [0.15, 0.2) is 59.2 Å². The van der Waals surface area contributed by atoms with Crippen molar-refractivity contribution in [2.75, 3.05) is 6.54 Å². The van der Waals surface area contributed by atoms with Crippen LogP contribution in [0.4, 0.5) is 0 Å². The van der Waals surface area contributed by atoms with Gasteiger partial charge in [0.2, 0.25) is 5.91 Å². The maximum atomic E-state index is 12.9. The number of aliphatic hydroxyl groups is 1. The summed E-state index contributed by atoms with van der Waals surface area (Å²) in [7, 11) is 0. The third-order valence-corrected chi connectivity index (χ3v) is 5.72. The molecule has 1 aromatic carbocycles. The molecule has 1 fully saturated rings. The van der Waals surface area contributed by atoms with Crippen LogP contribution in [0.5, 0.6) is 0 Å². The van der Waals surface area contributed by atoms with E-state index in [0.29, 0.717) is 18.7 Å². The number of carbonyl (C=O) groups is 1. The first-order valence-electron chi connectivity index (χ1n) is 9.90. The third-order valence-electron chi connectivity index (χ3n) is 5.72. The molecular weight excluding hydrogens is 338 g/mol. The summed E-state index contributed by atoms with van der Waals surface area (Å²) in [5, 5.41) is 11.6. The Morgan fingerprint density at radius 3 is 2.67 bits per heavy atom. The second kappa shape index (κ2) is 8.57. The molecule has 1 N–H and O–H groups in total. The van der Waals surface area contributed by atoms with Gasteiger partial charge in [-0.15, -0.1) is 0 Å². The second-order valence-electron chi connectivity index (χ2n) is 7.29. The lowest BCUT2D eigenvalue weighted by molar-refractivity contribution is -0.146. The van der Waals surface area contributed by atoms with Crippen molar-refractivity contribution in [3.8, 4) is 0 Å². The number of carbonyl (C=O) groups excluding carboxylic acids is 1. The van der Waals surface area contributed by atoms with Gasteiger partial charge < -0.3 is 14.4 Å². The minimum absolute atomic E-state index is 0.0117. The van der Waals surface area contributed by atoms with Crippen molar-refractivity contribution in [3.63, 3.8) is 0 Å². The Balaban J connectivity index is 1.86. The lowest BCUT2D eigenvalue weighted by Crippen LogP contribution is -2.57. The maximum absolute atomic E-state index is 12.9. The van der Waals surface area contributed by atoms with E-state index in [0.717, 1.165) is 24.8 Å². The smallest absolute Gasteiger partial charge is 0.246 e. The van der Waals surface area contributed by atoms with Crippen LogP contribution in [0.2, 0.25) is 0 Å². The summed E-state index contributed by atoms with van der Waals surface area (Å²) in [6.07, 6.45) is 8.12. The zero-order valence-electron chi connectivity index (χ0n) is 16.2. The van der Waals surface area contributed by atoms with Crippen molar-refractivity contribution in [3.05, 3.63) is 66.1 Å². The molecule has 3 atom stereocenters. The summed E-state index contributed by atoms with van der Waals surface area (Å²) in [6, 6.07) is 13.6. The number of furan rings is 1. The first-order chi connectivity index (χ1) is 13.1. The van der Waals surface area contributed by atoms with E-state index < -0.39 is 5.60 Å². The highest BCUT2D eigenvalue weighted by molar-refractivity contribution is 5.91. The molecule has 1 aromatic heterocycles. The molecule has 27 heavy (non-hydrogen) atoms. The lowest BCUT2D eigenvalue weighted by Gasteiger charge is -2.50. The van der Waals surface area contributed by atoms with E-state index in [2.05, 4.69) is 13.8 Å². The average Bonchev–Trinajstić information content (AvgIpc) is 3.22. The van der Waals surface area contributed by atoms with Crippen LogP contribution in [0, 0.1) is 5.92 Å². The molecule has 3 rings (SSSR count). The Morgan fingerprint density at radius 2 is 2.04 bits per heavy atom. The Morgan fingerprint density at radius 1 is 1.26 bits per heavy atom. The van der Waals surface area contributed by atoms with Crippen LogP contribution >= 0.6 is 0 Å². The number of likely N-dealkylation sites (tertiary alicyclic amines) is 1. The molecular formula is C23H29NO3. The molecule has 0 aliphatic carbocycles. The highest BCUT2D eigenvalue weighted by Crippen LogP contribution is 2.44. The summed E-state index contributed by atoms with van der Waals surface area (Å²) in [5.41, 5.74) is 0.0690. The molecule has 1 aliphatic heterocycles. The molecule has 1 saturated heterocycles. The average molecular weight is 367 g/mol. The number of hydrogen-bond donors (Lipinski definition) is 1. The van der Waals surface area contributed by atoms with E-state index >= 15 is 0 Å². The van der Waals surface area contributed by atoms with Gasteiger partial charge in [-0.05, 0) is 43.0 Å². The largest absolute Gasteiger partial charge is 0.465 e. The Bertz CT molecular complexity index is 753. The van der Waals surface area contributed by atoms with E-state index in [-0.39, 0.29) is 17.9 Å². The Labute approximate surface area is 161 Å². The summed E-state index contributed by atoms with van der Waals surface area (Å²) in [6.45, 7) is 4.78. The molecule has 0 spiro atoms. The van der Waals surface area contributed by atoms with Crippen LogP contribution in [0.3, 0.4) is 0 Å². The fourth-order valence-corrected chi connectivity index (χ4v) is 4.42. The van der Waals surface area contributed by atoms with Gasteiger partial charge in [0.25, 0.3) is 0 Å². The molecule has 0 unspecified atom stereocenters. The first kappa shape index (κ1) is 19.4. The van der Waals surface area contributed by atoms with E-state index in [9.17, 15) is 9.90 Å². The lowest BCUT2D eigenvalue weighted by atomic mass is 9.69. The predicted molar refractivity (Wildman–Crippen MR) is 107 cm³/mol. The van der Waals surface area contributed by atoms with Crippen molar-refractivity contribution in [2.45, 2.75) is 51.2 Å². The standard InChI is InChI=1S/C23H29NO3/c1-3-9-20-21(4-2)24(22(25)14-13-19-12-8-17-27-19)16-15-23(20,26)18-10-6-5-7-11-18/h5-8,10-14,17,20-21,26H,3-4,9,15-16H2,1-2H3/b14-13+/t20-,21+,23-/m1/s1. The van der Waals surface area contributed by atoms with Crippen molar-refractivity contribution >= 4 is 12.0 Å². The molecule has 2 aromatic rings. The first-order valence-corrected chi connectivity index (χ1v) is 9.90. The minimum Gasteiger partial charge on any atom is -0.465 e. The predicted octanol–water partition coefficient (Wildman–Crippen LogP) is 4.61. The van der Waals surface area contributed by atoms with Gasteiger partial charge in [-0.25, -0.2) is 0 Å². The number of hydrogen-bond acceptors (Lipinski definition) is 3. The third kappa shape index (κ3) is 4.01. The van der Waals surface area contributed by atoms with Crippen molar-refractivity contribution in [1.82, 2.24) is 4.90 Å². The molecule has 1 aliphatic rings. The molecule has 144 valence electrons. The van der Waals surface area contributed by atoms with Gasteiger partial charge >= 0.3 is 0 Å². The maximum Gasteiger partial charge on any atom is 0.246 e. The van der Waals surface area contributed by atoms with E-state index in [1.807, 2.05) is 41.3 Å². The number of nitrogens with zero attached hydrogens (tertiary/aromatic N) is 1. The Kier molecular flexibility index (Phi) is 6.17. The Hall–Kier alpha value is -2.33. The van der Waals surface area contributed by atoms with Crippen molar-refractivity contribution in [1.29, 1.82) is 0 Å². The molecule has 0 saturated carbocycles. The summed E-state index contributed by atoms with van der Waals surface area (Å²) >= 11 is 0. The fourth-order valence-electron chi connectivity index (χ4n) is 4.42. The van der Waals surface area contributed by atoms with Gasteiger partial charge in [0.1, 0.15) is 5.76 Å². The molecule has 0 bridgehead atoms. The van der Waals surface area contributed by atoms with Gasteiger partial charge in [-0.2, -0.15) is 0 Å². The minimum atomic E-state index is -0.889. The molecule has 4 nitrogen and oxygen atoms in total. The summed E-state index contributed by atoms with van der Waals surface area (Å²) < 4.78 is 5.28. The second-order valence-corrected chi connectivity index (χ2v) is 7.29. The summed E-state index contributed by atoms with van der Waals surface area (Å²) in [5.74, 6) is 0.665. The molecule has 2 heterocycles. The highest BCUT2D eigenvalue weighted by Gasteiger charge is 2.48. The zero-order valence-corrected chi connectivity index (χ0v) is 16.2. The molecule has 1 amide bonds. The van der Waals surface area contributed by atoms with E-state index in [1.54, 1.807) is 24.5 Å². The van der Waals surface area contributed by atoms with Crippen LogP contribution < -0.4 is 0 Å². The number of benzene rings is 1. The van der Waals surface area contributed by atoms with Gasteiger partial charge in [0.15, 0.2) is 0 Å². The van der Waals surface area contributed by atoms with Gasteiger partial charge in [-0.1, -0.05) is 50.6 Å². The summed E-state index contributed by atoms with van der Waals surface area (Å²) in [4.78, 5) is 14.8. The fraction of sp³-hybridized carbons (Fsp3) is 0.435. The molecule has 0 radical (unpaired) electrons. The zero-order chi connectivity index (χ0) is 19.3. The van der Waals surface area contributed by atoms with Crippen LogP contribution in [-0.2, 0) is 10.4 Å². The quantitative estimate of drug-likeness (QED) is 0.759. The monoisotopic (exact) mass is 367 g/mol. The molecule has 4 heteroatoms. The van der Waals surface area contributed by atoms with Crippen molar-refractivity contribution < 1.29 is 14.3 Å².